The van der Waals surface area contributed by atoms with E-state index in [2.05, 4.69) is 4.57 Å². The van der Waals surface area contributed by atoms with Crippen molar-refractivity contribution in [2.24, 2.45) is 0 Å². The number of fused-ring (bicyclic) bond motifs is 1. The van der Waals surface area contributed by atoms with Crippen molar-refractivity contribution in [3.8, 4) is 5.75 Å². The number of carbonyl (C=O) groups is 1. The Morgan fingerprint density at radius 2 is 1.81 bits per heavy atom. The average Bonchev–Trinajstić information content (AvgIpc) is 3.09. The lowest BCUT2D eigenvalue weighted by molar-refractivity contribution is 0.0597. The predicted molar refractivity (Wildman–Crippen MR) is 127 cm³/mol. The minimum Gasteiger partial charge on any atom is -0.489 e. The van der Waals surface area contributed by atoms with Gasteiger partial charge in [-0.05, 0) is 49.2 Å². The molecule has 0 amide bonds. The topological polar surface area (TPSA) is 53.4 Å². The zero-order chi connectivity index (χ0) is 22.8. The maximum atomic E-state index is 12.0. The van der Waals surface area contributed by atoms with Gasteiger partial charge in [0.05, 0.1) is 30.3 Å². The van der Waals surface area contributed by atoms with E-state index in [0.717, 1.165) is 33.5 Å². The number of ether oxygens (including phenoxy) is 2. The standard InChI is InChI=1S/C25H22Cl2N2O3/c1-15-10-20(32-14-18-6-4-5-7-21(18)25(30)31-3)12-23-24(15)28-16(2)29(23)13-17-8-9-19(26)11-22(17)27/h4-12H,13-14H2,1-3H3. The summed E-state index contributed by atoms with van der Waals surface area (Å²) < 4.78 is 13.1. The molecule has 0 saturated carbocycles. The Kier molecular flexibility index (Phi) is 6.40. The van der Waals surface area contributed by atoms with Gasteiger partial charge in [-0.25, -0.2) is 9.78 Å². The van der Waals surface area contributed by atoms with Crippen LogP contribution in [0.25, 0.3) is 11.0 Å². The van der Waals surface area contributed by atoms with Crippen molar-refractivity contribution in [2.75, 3.05) is 7.11 Å². The van der Waals surface area contributed by atoms with Crippen LogP contribution in [0.1, 0.15) is 32.9 Å². The lowest BCUT2D eigenvalue weighted by Gasteiger charge is -2.12. The number of nitrogens with zero attached hydrogens (tertiary/aromatic N) is 2. The van der Waals surface area contributed by atoms with Crippen LogP contribution in [0, 0.1) is 13.8 Å². The molecular formula is C25H22Cl2N2O3. The van der Waals surface area contributed by atoms with Crippen molar-refractivity contribution in [3.63, 3.8) is 0 Å². The van der Waals surface area contributed by atoms with Crippen LogP contribution in [0.2, 0.25) is 10.0 Å². The van der Waals surface area contributed by atoms with Gasteiger partial charge in [-0.15, -0.1) is 0 Å². The van der Waals surface area contributed by atoms with Gasteiger partial charge in [-0.1, -0.05) is 47.5 Å². The van der Waals surface area contributed by atoms with Crippen LogP contribution >= 0.6 is 23.2 Å². The number of esters is 1. The first-order valence-electron chi connectivity index (χ1n) is 10.1. The highest BCUT2D eigenvalue weighted by Gasteiger charge is 2.15. The number of aromatic nitrogens is 2. The Hall–Kier alpha value is -3.02. The summed E-state index contributed by atoms with van der Waals surface area (Å²) in [6, 6.07) is 16.7. The maximum absolute atomic E-state index is 12.0. The third-order valence-electron chi connectivity index (χ3n) is 5.37. The van der Waals surface area contributed by atoms with E-state index in [1.54, 1.807) is 18.2 Å². The normalized spacial score (nSPS) is 11.0. The highest BCUT2D eigenvalue weighted by molar-refractivity contribution is 6.35. The maximum Gasteiger partial charge on any atom is 0.338 e. The molecule has 4 rings (SSSR count). The van der Waals surface area contributed by atoms with Crippen molar-refractivity contribution in [1.29, 1.82) is 0 Å². The van der Waals surface area contributed by atoms with Gasteiger partial charge in [0.25, 0.3) is 0 Å². The molecule has 32 heavy (non-hydrogen) atoms. The number of halogens is 2. The van der Waals surface area contributed by atoms with Crippen LogP contribution in [0.4, 0.5) is 0 Å². The molecule has 164 valence electrons. The lowest BCUT2D eigenvalue weighted by Crippen LogP contribution is -2.08. The number of aryl methyl sites for hydroxylation is 2. The molecule has 0 fully saturated rings. The molecule has 0 bridgehead atoms. The Balaban J connectivity index is 1.66. The summed E-state index contributed by atoms with van der Waals surface area (Å²) in [5.74, 6) is 1.18. The average molecular weight is 469 g/mol. The summed E-state index contributed by atoms with van der Waals surface area (Å²) in [6.07, 6.45) is 0. The van der Waals surface area contributed by atoms with Gasteiger partial charge in [0, 0.05) is 21.7 Å². The van der Waals surface area contributed by atoms with E-state index >= 15 is 0 Å². The molecule has 1 aromatic heterocycles. The number of hydrogen-bond acceptors (Lipinski definition) is 4. The highest BCUT2D eigenvalue weighted by Crippen LogP contribution is 2.29. The predicted octanol–water partition coefficient (Wildman–Crippen LogP) is 6.37. The Labute approximate surface area is 196 Å². The first kappa shape index (κ1) is 22.2. The van der Waals surface area contributed by atoms with E-state index in [1.165, 1.54) is 7.11 Å². The van der Waals surface area contributed by atoms with Crippen LogP contribution in [0.15, 0.2) is 54.6 Å². The highest BCUT2D eigenvalue weighted by atomic mass is 35.5. The van der Waals surface area contributed by atoms with Gasteiger partial charge in [0.15, 0.2) is 0 Å². The second-order valence-electron chi connectivity index (χ2n) is 7.53. The molecule has 0 saturated heterocycles. The summed E-state index contributed by atoms with van der Waals surface area (Å²) in [6.45, 7) is 4.78. The summed E-state index contributed by atoms with van der Waals surface area (Å²) in [5, 5.41) is 1.21. The summed E-state index contributed by atoms with van der Waals surface area (Å²) in [4.78, 5) is 16.8. The minimum absolute atomic E-state index is 0.242. The fraction of sp³-hybridized carbons (Fsp3) is 0.200. The molecule has 0 aliphatic carbocycles. The van der Waals surface area contributed by atoms with Gasteiger partial charge < -0.3 is 14.0 Å². The number of imidazole rings is 1. The zero-order valence-corrected chi connectivity index (χ0v) is 19.5. The fourth-order valence-corrected chi connectivity index (χ4v) is 4.16. The SMILES string of the molecule is COC(=O)c1ccccc1COc1cc(C)c2nc(C)n(Cc3ccc(Cl)cc3Cl)c2c1. The molecule has 0 aliphatic rings. The van der Waals surface area contributed by atoms with Crippen molar-refractivity contribution in [1.82, 2.24) is 9.55 Å². The molecule has 5 nitrogen and oxygen atoms in total. The number of rotatable bonds is 6. The number of hydrogen-bond donors (Lipinski definition) is 0. The van der Waals surface area contributed by atoms with E-state index in [9.17, 15) is 4.79 Å². The van der Waals surface area contributed by atoms with E-state index < -0.39 is 0 Å². The largest absolute Gasteiger partial charge is 0.489 e. The zero-order valence-electron chi connectivity index (χ0n) is 18.0. The van der Waals surface area contributed by atoms with Crippen LogP contribution < -0.4 is 4.74 Å². The second-order valence-corrected chi connectivity index (χ2v) is 8.37. The minimum atomic E-state index is -0.385. The third kappa shape index (κ3) is 4.45. The molecular weight excluding hydrogens is 447 g/mol. The van der Waals surface area contributed by atoms with Crippen LogP contribution in [-0.4, -0.2) is 22.6 Å². The van der Waals surface area contributed by atoms with Crippen molar-refractivity contribution in [3.05, 3.63) is 92.7 Å². The molecule has 0 atom stereocenters. The van der Waals surface area contributed by atoms with E-state index in [1.807, 2.05) is 50.2 Å². The van der Waals surface area contributed by atoms with Crippen molar-refractivity contribution in [2.45, 2.75) is 27.0 Å². The van der Waals surface area contributed by atoms with Gasteiger partial charge in [0.2, 0.25) is 0 Å². The molecule has 0 radical (unpaired) electrons. The van der Waals surface area contributed by atoms with Crippen LogP contribution in [0.5, 0.6) is 5.75 Å². The first-order chi connectivity index (χ1) is 15.4. The van der Waals surface area contributed by atoms with Gasteiger partial charge in [0.1, 0.15) is 18.2 Å². The van der Waals surface area contributed by atoms with Gasteiger partial charge in [-0.2, -0.15) is 0 Å². The van der Waals surface area contributed by atoms with E-state index in [4.69, 9.17) is 37.7 Å². The summed E-state index contributed by atoms with van der Waals surface area (Å²) in [5.41, 5.74) is 5.07. The Morgan fingerprint density at radius 3 is 2.56 bits per heavy atom. The molecule has 3 aromatic carbocycles. The molecule has 0 spiro atoms. The lowest BCUT2D eigenvalue weighted by atomic mass is 10.1. The van der Waals surface area contributed by atoms with Gasteiger partial charge >= 0.3 is 5.97 Å². The van der Waals surface area contributed by atoms with Gasteiger partial charge in [-0.3, -0.25) is 0 Å². The second kappa shape index (κ2) is 9.23. The Bertz CT molecular complexity index is 1310. The van der Waals surface area contributed by atoms with Crippen LogP contribution in [-0.2, 0) is 17.9 Å². The smallest absolute Gasteiger partial charge is 0.338 e. The van der Waals surface area contributed by atoms with Crippen LogP contribution in [0.3, 0.4) is 0 Å². The van der Waals surface area contributed by atoms with E-state index in [0.29, 0.717) is 27.9 Å². The molecule has 0 unspecified atom stereocenters. The number of carbonyl (C=O) groups excluding carboxylic acids is 1. The summed E-state index contributed by atoms with van der Waals surface area (Å²) in [7, 11) is 1.37. The molecule has 7 heteroatoms. The first-order valence-corrected chi connectivity index (χ1v) is 10.8. The fourth-order valence-electron chi connectivity index (χ4n) is 3.70. The molecule has 0 N–H and O–H groups in total. The molecule has 4 aromatic rings. The summed E-state index contributed by atoms with van der Waals surface area (Å²) >= 11 is 12.4. The van der Waals surface area contributed by atoms with Crippen molar-refractivity contribution >= 4 is 40.2 Å². The Morgan fingerprint density at radius 1 is 1.03 bits per heavy atom. The van der Waals surface area contributed by atoms with E-state index in [-0.39, 0.29) is 12.6 Å². The third-order valence-corrected chi connectivity index (χ3v) is 5.96. The number of methoxy groups -OCH3 is 1. The molecule has 0 aliphatic heterocycles. The van der Waals surface area contributed by atoms with Crippen molar-refractivity contribution < 1.29 is 14.3 Å². The monoisotopic (exact) mass is 468 g/mol. The number of benzene rings is 3. The molecule has 1 heterocycles. The quantitative estimate of drug-likeness (QED) is 0.308.